The minimum Gasteiger partial charge on any atom is -0.466 e. The Morgan fingerprint density at radius 3 is 1.96 bits per heavy atom. The van der Waals surface area contributed by atoms with Gasteiger partial charge in [0.2, 0.25) is 17.7 Å². The van der Waals surface area contributed by atoms with E-state index >= 15 is 0 Å². The number of nitrogens with two attached hydrogens (primary N) is 1. The number of ether oxygens (including phenoxy) is 2. The maximum atomic E-state index is 12.6. The molecule has 0 unspecified atom stereocenters. The van der Waals surface area contributed by atoms with Crippen LogP contribution in [0.3, 0.4) is 0 Å². The van der Waals surface area contributed by atoms with E-state index < -0.39 is 54.1 Å². The smallest absolute Gasteiger partial charge is 0.312 e. The molecule has 4 N–H and O–H groups in total. The zero-order valence-corrected chi connectivity index (χ0v) is 17.1. The minimum absolute atomic E-state index is 0.0133. The Hall–Kier alpha value is -2.65. The molecule has 3 amide bonds. The fourth-order valence-electron chi connectivity index (χ4n) is 2.56. The van der Waals surface area contributed by atoms with E-state index in [0.717, 1.165) is 0 Å². The van der Waals surface area contributed by atoms with E-state index in [9.17, 15) is 24.0 Å². The van der Waals surface area contributed by atoms with Crippen molar-refractivity contribution in [2.24, 2.45) is 17.6 Å². The Morgan fingerprint density at radius 1 is 0.964 bits per heavy atom. The van der Waals surface area contributed by atoms with E-state index in [1.807, 2.05) is 13.8 Å². The van der Waals surface area contributed by atoms with Gasteiger partial charge >= 0.3 is 11.9 Å². The molecule has 10 heteroatoms. The van der Waals surface area contributed by atoms with Gasteiger partial charge in [-0.2, -0.15) is 0 Å². The van der Waals surface area contributed by atoms with Crippen LogP contribution in [0.5, 0.6) is 0 Å². The van der Waals surface area contributed by atoms with Crippen LogP contribution in [-0.2, 0) is 33.4 Å². The quantitative estimate of drug-likeness (QED) is 0.377. The second kappa shape index (κ2) is 12.7. The van der Waals surface area contributed by atoms with Crippen LogP contribution in [0.15, 0.2) is 0 Å². The molecule has 10 nitrogen and oxygen atoms in total. The van der Waals surface area contributed by atoms with Crippen molar-refractivity contribution in [3.63, 3.8) is 0 Å². The first-order chi connectivity index (χ1) is 13.0. The van der Waals surface area contributed by atoms with Gasteiger partial charge in [-0.25, -0.2) is 0 Å². The van der Waals surface area contributed by atoms with Crippen LogP contribution in [-0.4, -0.2) is 55.0 Å². The zero-order valence-electron chi connectivity index (χ0n) is 17.1. The molecule has 0 saturated carbocycles. The number of nitrogens with one attached hydrogen (secondary N) is 2. The third kappa shape index (κ3) is 9.33. The van der Waals surface area contributed by atoms with Crippen LogP contribution in [0.4, 0.5) is 0 Å². The van der Waals surface area contributed by atoms with Crippen molar-refractivity contribution < 1.29 is 33.4 Å². The summed E-state index contributed by atoms with van der Waals surface area (Å²) in [6.07, 6.45) is -0.186. The van der Waals surface area contributed by atoms with Crippen molar-refractivity contribution in [1.29, 1.82) is 0 Å². The topological polar surface area (TPSA) is 154 Å². The Morgan fingerprint density at radius 2 is 1.54 bits per heavy atom. The average molecular weight is 401 g/mol. The fraction of sp³-hybridized carbons (Fsp3) is 0.722. The van der Waals surface area contributed by atoms with Gasteiger partial charge in [0.15, 0.2) is 0 Å². The minimum atomic E-state index is -1.50. The molecule has 0 fully saturated rings. The lowest BCUT2D eigenvalue weighted by Crippen LogP contribution is -2.57. The molecule has 0 aliphatic heterocycles. The monoisotopic (exact) mass is 401 g/mol. The molecule has 0 radical (unpaired) electrons. The highest BCUT2D eigenvalue weighted by molar-refractivity contribution is 5.95. The summed E-state index contributed by atoms with van der Waals surface area (Å²) in [6, 6.07) is -2.43. The molecule has 0 rings (SSSR count). The normalized spacial score (nSPS) is 13.8. The first-order valence-corrected chi connectivity index (χ1v) is 9.22. The van der Waals surface area contributed by atoms with Gasteiger partial charge in [0, 0.05) is 6.92 Å². The van der Waals surface area contributed by atoms with Crippen molar-refractivity contribution in [2.75, 3.05) is 13.2 Å². The van der Waals surface area contributed by atoms with Gasteiger partial charge in [0.05, 0.1) is 25.6 Å². The molecule has 0 spiro atoms. The molecule has 0 aliphatic rings. The van der Waals surface area contributed by atoms with E-state index in [-0.39, 0.29) is 19.1 Å². The number of carbonyl (C=O) groups excluding carboxylic acids is 5. The van der Waals surface area contributed by atoms with Crippen LogP contribution in [0.1, 0.15) is 47.5 Å². The Balaban J connectivity index is 5.59. The van der Waals surface area contributed by atoms with Crippen molar-refractivity contribution in [2.45, 2.75) is 59.5 Å². The summed E-state index contributed by atoms with van der Waals surface area (Å²) in [7, 11) is 0. The molecule has 0 aliphatic carbocycles. The third-order valence-corrected chi connectivity index (χ3v) is 3.69. The molecule has 0 aromatic heterocycles. The van der Waals surface area contributed by atoms with Crippen LogP contribution < -0.4 is 16.4 Å². The van der Waals surface area contributed by atoms with E-state index in [1.54, 1.807) is 13.8 Å². The van der Waals surface area contributed by atoms with Gasteiger partial charge in [-0.15, -0.1) is 0 Å². The number of esters is 2. The number of hydrogen-bond acceptors (Lipinski definition) is 7. The number of carbonyl (C=O) groups is 5. The van der Waals surface area contributed by atoms with Crippen molar-refractivity contribution >= 4 is 29.7 Å². The number of hydrogen-bond donors (Lipinski definition) is 3. The largest absolute Gasteiger partial charge is 0.466 e. The molecule has 0 heterocycles. The lowest BCUT2D eigenvalue weighted by atomic mass is 9.94. The summed E-state index contributed by atoms with van der Waals surface area (Å²) >= 11 is 0. The highest BCUT2D eigenvalue weighted by Crippen LogP contribution is 2.15. The lowest BCUT2D eigenvalue weighted by molar-refractivity contribution is -0.157. The number of amides is 3. The molecule has 0 saturated heterocycles. The van der Waals surface area contributed by atoms with Gasteiger partial charge in [-0.05, 0) is 26.2 Å². The van der Waals surface area contributed by atoms with Gasteiger partial charge in [0.1, 0.15) is 12.1 Å². The maximum absolute atomic E-state index is 12.6. The van der Waals surface area contributed by atoms with Crippen molar-refractivity contribution in [3.8, 4) is 0 Å². The van der Waals surface area contributed by atoms with E-state index in [1.165, 1.54) is 6.92 Å². The highest BCUT2D eigenvalue weighted by atomic mass is 16.5. The van der Waals surface area contributed by atoms with Crippen LogP contribution in [0.2, 0.25) is 0 Å². The lowest BCUT2D eigenvalue weighted by Gasteiger charge is -2.26. The first-order valence-electron chi connectivity index (χ1n) is 9.22. The van der Waals surface area contributed by atoms with Crippen LogP contribution in [0.25, 0.3) is 0 Å². The van der Waals surface area contributed by atoms with Crippen molar-refractivity contribution in [3.05, 3.63) is 0 Å². The molecular weight excluding hydrogens is 370 g/mol. The van der Waals surface area contributed by atoms with Crippen LogP contribution >= 0.6 is 0 Å². The van der Waals surface area contributed by atoms with E-state index in [0.29, 0.717) is 6.42 Å². The Bertz CT molecular complexity index is 578. The van der Waals surface area contributed by atoms with E-state index in [4.69, 9.17) is 15.2 Å². The average Bonchev–Trinajstić information content (AvgIpc) is 2.56. The van der Waals surface area contributed by atoms with Crippen LogP contribution in [0, 0.1) is 11.8 Å². The summed E-state index contributed by atoms with van der Waals surface area (Å²) in [6.45, 7) is 8.22. The summed E-state index contributed by atoms with van der Waals surface area (Å²) in [5.74, 6) is -5.01. The predicted molar refractivity (Wildman–Crippen MR) is 99.6 cm³/mol. The summed E-state index contributed by atoms with van der Waals surface area (Å²) in [5, 5.41) is 4.88. The standard InChI is InChI=1S/C18H31N3O7/c1-6-27-14(23)9-12(18(26)28-7-2)15(16(19)24)21-17(25)13(8-10(3)4)20-11(5)22/h10,12-13,15H,6-9H2,1-5H3,(H2,19,24)(H,20,22)(H,21,25)/t12-,13-,15+/m0/s1. The zero-order chi connectivity index (χ0) is 21.9. The molecule has 3 atom stereocenters. The summed E-state index contributed by atoms with van der Waals surface area (Å²) in [5.41, 5.74) is 5.37. The number of primary amides is 1. The Labute approximate surface area is 164 Å². The SMILES string of the molecule is CCOC(=O)C[C@H](C(=O)OCC)[C@@H](NC(=O)[C@H](CC(C)C)NC(C)=O)C(N)=O. The van der Waals surface area contributed by atoms with Gasteiger partial charge < -0.3 is 25.8 Å². The molecule has 0 aromatic rings. The van der Waals surface area contributed by atoms with Crippen molar-refractivity contribution in [1.82, 2.24) is 10.6 Å². The second-order valence-electron chi connectivity index (χ2n) is 6.64. The Kier molecular flexibility index (Phi) is 11.5. The molecular formula is C18H31N3O7. The fourth-order valence-corrected chi connectivity index (χ4v) is 2.56. The predicted octanol–water partition coefficient (Wildman–Crippen LogP) is -0.360. The molecule has 0 bridgehead atoms. The van der Waals surface area contributed by atoms with Gasteiger partial charge in [0.25, 0.3) is 0 Å². The molecule has 160 valence electrons. The van der Waals surface area contributed by atoms with Gasteiger partial charge in [-0.1, -0.05) is 13.8 Å². The second-order valence-corrected chi connectivity index (χ2v) is 6.64. The van der Waals surface area contributed by atoms with Gasteiger partial charge in [-0.3, -0.25) is 24.0 Å². The van der Waals surface area contributed by atoms with E-state index in [2.05, 4.69) is 10.6 Å². The highest BCUT2D eigenvalue weighted by Gasteiger charge is 2.38. The number of rotatable bonds is 12. The molecule has 28 heavy (non-hydrogen) atoms. The summed E-state index contributed by atoms with van der Waals surface area (Å²) in [4.78, 5) is 60.1. The third-order valence-electron chi connectivity index (χ3n) is 3.69. The summed E-state index contributed by atoms with van der Waals surface area (Å²) < 4.78 is 9.73. The maximum Gasteiger partial charge on any atom is 0.312 e. The first kappa shape index (κ1) is 25.4. The molecule has 0 aromatic carbocycles.